The molecule has 0 N–H and O–H groups in total. The average Bonchev–Trinajstić information content (AvgIpc) is 2.59. The zero-order valence-corrected chi connectivity index (χ0v) is 11.7. The molecule has 0 aliphatic carbocycles. The number of hydrogen-bond donors (Lipinski definition) is 1. The summed E-state index contributed by atoms with van der Waals surface area (Å²) in [6.07, 6.45) is 0. The van der Waals surface area contributed by atoms with Gasteiger partial charge in [-0.15, -0.1) is 0 Å². The molecular weight excluding hydrogens is 228 g/mol. The number of aromatic nitrogens is 2. The summed E-state index contributed by atoms with van der Waals surface area (Å²) in [5.74, 6) is 0.678. The third kappa shape index (κ3) is 2.25. The monoisotopic (exact) mass is 246 g/mol. The predicted octanol–water partition coefficient (Wildman–Crippen LogP) is 3.44. The second kappa shape index (κ2) is 4.57. The van der Waals surface area contributed by atoms with E-state index in [4.69, 9.17) is 0 Å². The summed E-state index contributed by atoms with van der Waals surface area (Å²) in [6.45, 7) is 6.44. The summed E-state index contributed by atoms with van der Waals surface area (Å²) in [5, 5.41) is 4.45. The summed E-state index contributed by atoms with van der Waals surface area (Å²) in [5.41, 5.74) is 7.39. The van der Waals surface area contributed by atoms with E-state index in [9.17, 15) is 0 Å². The minimum Gasteiger partial charge on any atom is -0.268 e. The summed E-state index contributed by atoms with van der Waals surface area (Å²) in [4.78, 5) is 0. The van der Waals surface area contributed by atoms with Gasteiger partial charge in [0.25, 0.3) is 0 Å². The maximum absolute atomic E-state index is 4.45. The summed E-state index contributed by atoms with van der Waals surface area (Å²) < 4.78 is 1.94. The summed E-state index contributed by atoms with van der Waals surface area (Å²) in [7, 11) is 1.99. The van der Waals surface area contributed by atoms with Crippen molar-refractivity contribution in [2.45, 2.75) is 26.5 Å². The highest BCUT2D eigenvalue weighted by molar-refractivity contribution is 7.79. The quantitative estimate of drug-likeness (QED) is 0.804. The van der Waals surface area contributed by atoms with Gasteiger partial charge in [0.2, 0.25) is 0 Å². The molecule has 3 heteroatoms. The lowest BCUT2D eigenvalue weighted by Crippen LogP contribution is -1.98. The van der Waals surface area contributed by atoms with Gasteiger partial charge in [-0.05, 0) is 38.0 Å². The van der Waals surface area contributed by atoms with Crippen molar-refractivity contribution in [2.75, 3.05) is 0 Å². The maximum atomic E-state index is 4.45. The van der Waals surface area contributed by atoms with E-state index >= 15 is 0 Å². The van der Waals surface area contributed by atoms with Gasteiger partial charge in [0.05, 0.1) is 11.4 Å². The van der Waals surface area contributed by atoms with Crippen molar-refractivity contribution >= 4 is 12.6 Å². The van der Waals surface area contributed by atoms with Gasteiger partial charge in [-0.1, -0.05) is 17.7 Å². The Hall–Kier alpha value is -1.22. The van der Waals surface area contributed by atoms with Crippen LogP contribution in [0.4, 0.5) is 0 Å². The van der Waals surface area contributed by atoms with Crippen molar-refractivity contribution in [1.82, 2.24) is 9.78 Å². The molecule has 0 fully saturated rings. The second-order valence-electron chi connectivity index (χ2n) is 4.58. The van der Waals surface area contributed by atoms with Crippen LogP contribution in [0.2, 0.25) is 0 Å². The van der Waals surface area contributed by atoms with Gasteiger partial charge >= 0.3 is 0 Å². The van der Waals surface area contributed by atoms with Crippen LogP contribution in [-0.4, -0.2) is 9.78 Å². The fourth-order valence-electron chi connectivity index (χ4n) is 2.42. The maximum Gasteiger partial charge on any atom is 0.0727 e. The molecule has 0 atom stereocenters. The highest BCUT2D eigenvalue weighted by Crippen LogP contribution is 2.28. The van der Waals surface area contributed by atoms with E-state index in [2.05, 4.69) is 56.7 Å². The Labute approximate surface area is 108 Å². The van der Waals surface area contributed by atoms with Gasteiger partial charge in [-0.25, -0.2) is 0 Å². The lowest BCUT2D eigenvalue weighted by molar-refractivity contribution is 0.761. The first-order chi connectivity index (χ1) is 8.02. The minimum atomic E-state index is 0.678. The Morgan fingerprint density at radius 1 is 1.12 bits per heavy atom. The van der Waals surface area contributed by atoms with Crippen LogP contribution in [0, 0.1) is 20.8 Å². The molecule has 0 unspecified atom stereocenters. The Balaban J connectivity index is 2.63. The topological polar surface area (TPSA) is 17.8 Å². The first-order valence-corrected chi connectivity index (χ1v) is 6.38. The molecule has 0 bridgehead atoms. The fraction of sp³-hybridized carbons (Fsp3) is 0.357. The van der Waals surface area contributed by atoms with Gasteiger partial charge in [0.15, 0.2) is 0 Å². The number of aryl methyl sites for hydroxylation is 4. The van der Waals surface area contributed by atoms with E-state index in [0.717, 1.165) is 5.69 Å². The van der Waals surface area contributed by atoms with Crippen molar-refractivity contribution in [3.8, 4) is 11.3 Å². The molecule has 2 rings (SSSR count). The molecule has 0 saturated carbocycles. The third-order valence-electron chi connectivity index (χ3n) is 3.03. The molecule has 0 amide bonds. The number of rotatable bonds is 2. The first kappa shape index (κ1) is 12.2. The van der Waals surface area contributed by atoms with Crippen molar-refractivity contribution < 1.29 is 0 Å². The number of nitrogens with zero attached hydrogens (tertiary/aromatic N) is 2. The predicted molar refractivity (Wildman–Crippen MR) is 75.5 cm³/mol. The standard InChI is InChI=1S/C14H18N2S/c1-9-5-10(2)14(11(3)6-9)13-7-12(8-17)15-16(13)4/h5-7,17H,8H2,1-4H3. The average molecular weight is 246 g/mol. The second-order valence-corrected chi connectivity index (χ2v) is 4.89. The molecule has 1 aromatic carbocycles. The Bertz CT molecular complexity index is 532. The van der Waals surface area contributed by atoms with Crippen molar-refractivity contribution in [2.24, 2.45) is 7.05 Å². The van der Waals surface area contributed by atoms with E-state index < -0.39 is 0 Å². The van der Waals surface area contributed by atoms with Crippen LogP contribution in [0.5, 0.6) is 0 Å². The Kier molecular flexibility index (Phi) is 3.29. The zero-order chi connectivity index (χ0) is 12.6. The van der Waals surface area contributed by atoms with E-state index in [1.807, 2.05) is 11.7 Å². The molecule has 2 nitrogen and oxygen atoms in total. The molecule has 1 aromatic heterocycles. The van der Waals surface area contributed by atoms with Crippen molar-refractivity contribution in [3.05, 3.63) is 40.6 Å². The highest BCUT2D eigenvalue weighted by Gasteiger charge is 2.12. The molecule has 0 aliphatic rings. The fourth-order valence-corrected chi connectivity index (χ4v) is 2.58. The molecule has 1 heterocycles. The molecule has 0 saturated heterocycles. The van der Waals surface area contributed by atoms with Crippen LogP contribution in [-0.2, 0) is 12.8 Å². The van der Waals surface area contributed by atoms with Gasteiger partial charge in [-0.3, -0.25) is 4.68 Å². The van der Waals surface area contributed by atoms with Gasteiger partial charge < -0.3 is 0 Å². The molecule has 0 spiro atoms. The number of thiol groups is 1. The van der Waals surface area contributed by atoms with E-state index in [1.54, 1.807) is 0 Å². The van der Waals surface area contributed by atoms with Crippen molar-refractivity contribution in [1.29, 1.82) is 0 Å². The molecule has 0 radical (unpaired) electrons. The van der Waals surface area contributed by atoms with Crippen molar-refractivity contribution in [3.63, 3.8) is 0 Å². The Morgan fingerprint density at radius 2 is 1.71 bits per heavy atom. The lowest BCUT2D eigenvalue weighted by atomic mass is 9.97. The molecule has 2 aromatic rings. The highest BCUT2D eigenvalue weighted by atomic mass is 32.1. The van der Waals surface area contributed by atoms with Crippen LogP contribution < -0.4 is 0 Å². The molecule has 17 heavy (non-hydrogen) atoms. The van der Waals surface area contributed by atoms with Crippen LogP contribution in [0.3, 0.4) is 0 Å². The van der Waals surface area contributed by atoms with E-state index in [1.165, 1.54) is 27.9 Å². The third-order valence-corrected chi connectivity index (χ3v) is 3.35. The number of hydrogen-bond acceptors (Lipinski definition) is 2. The van der Waals surface area contributed by atoms with Crippen LogP contribution in [0.15, 0.2) is 18.2 Å². The summed E-state index contributed by atoms with van der Waals surface area (Å²) in [6, 6.07) is 6.56. The SMILES string of the molecule is Cc1cc(C)c(-c2cc(CS)nn2C)c(C)c1. The lowest BCUT2D eigenvalue weighted by Gasteiger charge is -2.11. The van der Waals surface area contributed by atoms with Crippen LogP contribution in [0.25, 0.3) is 11.3 Å². The Morgan fingerprint density at radius 3 is 2.18 bits per heavy atom. The molecular formula is C14H18N2S. The summed E-state index contributed by atoms with van der Waals surface area (Å²) >= 11 is 4.28. The number of benzene rings is 1. The van der Waals surface area contributed by atoms with E-state index in [-0.39, 0.29) is 0 Å². The largest absolute Gasteiger partial charge is 0.268 e. The normalized spacial score (nSPS) is 10.9. The van der Waals surface area contributed by atoms with E-state index in [0.29, 0.717) is 5.75 Å². The van der Waals surface area contributed by atoms with Gasteiger partial charge in [-0.2, -0.15) is 17.7 Å². The van der Waals surface area contributed by atoms with Crippen LogP contribution in [0.1, 0.15) is 22.4 Å². The first-order valence-electron chi connectivity index (χ1n) is 5.75. The minimum absolute atomic E-state index is 0.678. The smallest absolute Gasteiger partial charge is 0.0727 e. The molecule has 0 aliphatic heterocycles. The van der Waals surface area contributed by atoms with Gasteiger partial charge in [0.1, 0.15) is 0 Å². The zero-order valence-electron chi connectivity index (χ0n) is 10.8. The molecule has 90 valence electrons. The van der Waals surface area contributed by atoms with Gasteiger partial charge in [0, 0.05) is 18.4 Å². The van der Waals surface area contributed by atoms with Crippen LogP contribution >= 0.6 is 12.6 Å².